The van der Waals surface area contributed by atoms with Crippen molar-refractivity contribution in [1.29, 1.82) is 0 Å². The van der Waals surface area contributed by atoms with Crippen molar-refractivity contribution < 1.29 is 4.79 Å². The molecule has 0 bridgehead atoms. The van der Waals surface area contributed by atoms with E-state index in [1.54, 1.807) is 6.26 Å². The van der Waals surface area contributed by atoms with Crippen LogP contribution in [0.5, 0.6) is 0 Å². The monoisotopic (exact) mass is 294 g/mol. The van der Waals surface area contributed by atoms with Gasteiger partial charge in [0.15, 0.2) is 3.79 Å². The van der Waals surface area contributed by atoms with Crippen molar-refractivity contribution in [2.45, 2.75) is 21.5 Å². The predicted octanol–water partition coefficient (Wildman–Crippen LogP) is 4.19. The van der Waals surface area contributed by atoms with E-state index in [1.807, 2.05) is 0 Å². The molecule has 6 heteroatoms. The van der Waals surface area contributed by atoms with Gasteiger partial charge in [0.2, 0.25) is 5.12 Å². The summed E-state index contributed by atoms with van der Waals surface area (Å²) < 4.78 is -1.53. The zero-order chi connectivity index (χ0) is 11.4. The van der Waals surface area contributed by atoms with Crippen molar-refractivity contribution in [3.05, 3.63) is 12.7 Å². The number of thioether (sulfide) groups is 1. The van der Waals surface area contributed by atoms with Crippen LogP contribution in [0, 0.1) is 0 Å². The number of hydrogen-bond acceptors (Lipinski definition) is 2. The van der Waals surface area contributed by atoms with Gasteiger partial charge >= 0.3 is 0 Å². The lowest BCUT2D eigenvalue weighted by Crippen LogP contribution is -2.34. The fourth-order valence-corrected chi connectivity index (χ4v) is 2.91. The van der Waals surface area contributed by atoms with Gasteiger partial charge in [0, 0.05) is 6.42 Å². The van der Waals surface area contributed by atoms with Gasteiger partial charge < -0.3 is 0 Å². The molecule has 0 saturated carbocycles. The third kappa shape index (κ3) is 5.13. The maximum absolute atomic E-state index is 11.5. The molecule has 0 rings (SSSR count). The molecule has 1 atom stereocenters. The van der Waals surface area contributed by atoms with Crippen molar-refractivity contribution in [2.24, 2.45) is 0 Å². The molecular formula is C8H10Cl4OS. The topological polar surface area (TPSA) is 17.1 Å². The van der Waals surface area contributed by atoms with E-state index < -0.39 is 8.67 Å². The first-order valence-electron chi connectivity index (χ1n) is 3.70. The minimum absolute atomic E-state index is 0.0298. The smallest absolute Gasteiger partial charge is 0.210 e. The van der Waals surface area contributed by atoms with Gasteiger partial charge in [-0.3, -0.25) is 4.79 Å². The van der Waals surface area contributed by atoms with Crippen molar-refractivity contribution in [1.82, 2.24) is 0 Å². The highest BCUT2D eigenvalue weighted by Crippen LogP contribution is 2.42. The van der Waals surface area contributed by atoms with E-state index in [-0.39, 0.29) is 18.0 Å². The Labute approximate surface area is 108 Å². The zero-order valence-electron chi connectivity index (χ0n) is 7.53. The molecule has 0 spiro atoms. The number of hydrogen-bond donors (Lipinski definition) is 0. The Hall–Kier alpha value is 0.920. The number of halogens is 4. The maximum atomic E-state index is 11.5. The second kappa shape index (κ2) is 5.86. The highest BCUT2D eigenvalue weighted by Gasteiger charge is 2.41. The Bertz CT molecular complexity index is 226. The van der Waals surface area contributed by atoms with Crippen molar-refractivity contribution in [2.75, 3.05) is 6.26 Å². The fraction of sp³-hybridized carbons (Fsp3) is 0.625. The fourth-order valence-electron chi connectivity index (χ4n) is 0.957. The molecule has 1 unspecified atom stereocenters. The molecule has 0 amide bonds. The molecule has 0 aliphatic rings. The molecule has 0 N–H and O–H groups in total. The van der Waals surface area contributed by atoms with Gasteiger partial charge in [-0.2, -0.15) is 0 Å². The number of allylic oxidation sites excluding steroid dienone is 1. The molecule has 0 aromatic carbocycles. The summed E-state index contributed by atoms with van der Waals surface area (Å²) in [5.41, 5.74) is 0. The quantitative estimate of drug-likeness (QED) is 0.571. The Balaban J connectivity index is 4.71. The Kier molecular flexibility index (Phi) is 6.24. The summed E-state index contributed by atoms with van der Waals surface area (Å²) in [7, 11) is 0. The molecular weight excluding hydrogens is 286 g/mol. The SMILES string of the molecule is C=CCC(Cl)(CC(Cl)(Cl)Cl)C(=O)SC. The number of carbonyl (C=O) groups excluding carboxylic acids is 1. The highest BCUT2D eigenvalue weighted by molar-refractivity contribution is 8.13. The average Bonchev–Trinajstić information content (AvgIpc) is 2.00. The lowest BCUT2D eigenvalue weighted by Gasteiger charge is -2.26. The first kappa shape index (κ1) is 14.9. The zero-order valence-corrected chi connectivity index (χ0v) is 11.4. The molecule has 0 aromatic rings. The van der Waals surface area contributed by atoms with Crippen molar-refractivity contribution >= 4 is 63.3 Å². The summed E-state index contributed by atoms with van der Waals surface area (Å²) in [4.78, 5) is 10.3. The summed E-state index contributed by atoms with van der Waals surface area (Å²) in [6, 6.07) is 0. The van der Waals surface area contributed by atoms with Crippen LogP contribution in [0.25, 0.3) is 0 Å². The molecule has 82 valence electrons. The maximum Gasteiger partial charge on any atom is 0.210 e. The predicted molar refractivity (Wildman–Crippen MR) is 66.8 cm³/mol. The van der Waals surface area contributed by atoms with Crippen LogP contribution >= 0.6 is 58.2 Å². The lowest BCUT2D eigenvalue weighted by atomic mass is 10.0. The third-order valence-electron chi connectivity index (χ3n) is 1.50. The van der Waals surface area contributed by atoms with Crippen LogP contribution in [-0.4, -0.2) is 20.0 Å². The summed E-state index contributed by atoms with van der Waals surface area (Å²) >= 11 is 23.9. The molecule has 0 aromatic heterocycles. The van der Waals surface area contributed by atoms with Crippen LogP contribution < -0.4 is 0 Å². The molecule has 0 heterocycles. The van der Waals surface area contributed by atoms with Crippen LogP contribution in [0.1, 0.15) is 12.8 Å². The minimum atomic E-state index is -1.53. The first-order valence-corrected chi connectivity index (χ1v) is 6.44. The van der Waals surface area contributed by atoms with Crippen molar-refractivity contribution in [3.63, 3.8) is 0 Å². The molecule has 14 heavy (non-hydrogen) atoms. The van der Waals surface area contributed by atoms with Gasteiger partial charge in [-0.05, 0) is 12.7 Å². The van der Waals surface area contributed by atoms with Crippen LogP contribution in [0.2, 0.25) is 0 Å². The van der Waals surface area contributed by atoms with E-state index in [0.717, 1.165) is 11.8 Å². The molecule has 0 aliphatic heterocycles. The second-order valence-electron chi connectivity index (χ2n) is 2.74. The summed E-state index contributed by atoms with van der Waals surface area (Å²) in [6.07, 6.45) is 3.43. The number of alkyl halides is 4. The number of rotatable bonds is 4. The second-order valence-corrected chi connectivity index (χ2v) is 6.76. The Morgan fingerprint density at radius 2 is 1.93 bits per heavy atom. The molecule has 0 radical (unpaired) electrons. The normalized spacial score (nSPS) is 16.1. The summed E-state index contributed by atoms with van der Waals surface area (Å²) in [5.74, 6) is 0. The minimum Gasteiger partial charge on any atom is -0.285 e. The molecule has 0 aliphatic carbocycles. The molecule has 0 saturated heterocycles. The van der Waals surface area contributed by atoms with Gasteiger partial charge in [-0.1, -0.05) is 52.6 Å². The van der Waals surface area contributed by atoms with Gasteiger partial charge in [-0.25, -0.2) is 0 Å². The van der Waals surface area contributed by atoms with Gasteiger partial charge in [0.25, 0.3) is 0 Å². The van der Waals surface area contributed by atoms with Crippen LogP contribution in [0.3, 0.4) is 0 Å². The summed E-state index contributed by atoms with van der Waals surface area (Å²) in [6.45, 7) is 3.52. The van der Waals surface area contributed by atoms with Gasteiger partial charge in [0.1, 0.15) is 4.87 Å². The standard InChI is InChI=1S/C8H10Cl4OS/c1-3-4-7(9,6(13)14-2)5-8(10,11)12/h3H,1,4-5H2,2H3. The van der Waals surface area contributed by atoms with Gasteiger partial charge in [0.05, 0.1) is 0 Å². The van der Waals surface area contributed by atoms with Crippen LogP contribution in [0.4, 0.5) is 0 Å². The first-order chi connectivity index (χ1) is 6.25. The van der Waals surface area contributed by atoms with Crippen molar-refractivity contribution in [3.8, 4) is 0 Å². The number of carbonyl (C=O) groups is 1. The van der Waals surface area contributed by atoms with Gasteiger partial charge in [-0.15, -0.1) is 18.2 Å². The van der Waals surface area contributed by atoms with E-state index >= 15 is 0 Å². The third-order valence-corrected chi connectivity index (χ3v) is 3.23. The Morgan fingerprint density at radius 3 is 2.21 bits per heavy atom. The van der Waals surface area contributed by atoms with E-state index in [2.05, 4.69) is 6.58 Å². The Morgan fingerprint density at radius 1 is 1.43 bits per heavy atom. The van der Waals surface area contributed by atoms with E-state index in [1.165, 1.54) is 6.08 Å². The van der Waals surface area contributed by atoms with Crippen LogP contribution in [-0.2, 0) is 4.79 Å². The lowest BCUT2D eigenvalue weighted by molar-refractivity contribution is -0.113. The largest absolute Gasteiger partial charge is 0.285 e. The summed E-state index contributed by atoms with van der Waals surface area (Å²) in [5, 5.41) is -0.217. The van der Waals surface area contributed by atoms with E-state index in [4.69, 9.17) is 46.4 Å². The van der Waals surface area contributed by atoms with E-state index in [0.29, 0.717) is 0 Å². The van der Waals surface area contributed by atoms with E-state index in [9.17, 15) is 4.79 Å². The highest BCUT2D eigenvalue weighted by atomic mass is 35.6. The molecule has 0 fully saturated rings. The molecule has 1 nitrogen and oxygen atoms in total. The average molecular weight is 296 g/mol. The van der Waals surface area contributed by atoms with Crippen LogP contribution in [0.15, 0.2) is 12.7 Å².